The van der Waals surface area contributed by atoms with Crippen molar-refractivity contribution in [1.29, 1.82) is 0 Å². The van der Waals surface area contributed by atoms with Crippen molar-refractivity contribution in [3.05, 3.63) is 0 Å². The molecule has 0 saturated carbocycles. The number of aliphatic hydroxyl groups is 1. The number of carbonyl (C=O) groups is 1. The third-order valence-electron chi connectivity index (χ3n) is 10.4. The minimum Gasteiger partial charge on any atom is -0.457 e. The summed E-state index contributed by atoms with van der Waals surface area (Å²) >= 11 is 0. The molecule has 0 radical (unpaired) electrons. The molecule has 0 aromatic heterocycles. The minimum absolute atomic E-state index is 0.163. The lowest BCUT2D eigenvalue weighted by Crippen LogP contribution is -2.27. The zero-order chi connectivity index (χ0) is 35.6. The van der Waals surface area contributed by atoms with Crippen molar-refractivity contribution in [3.8, 4) is 0 Å². The van der Waals surface area contributed by atoms with Gasteiger partial charge in [0.05, 0.1) is 13.2 Å². The third kappa shape index (κ3) is 41.7. The van der Waals surface area contributed by atoms with Gasteiger partial charge in [0.15, 0.2) is 0 Å². The summed E-state index contributed by atoms with van der Waals surface area (Å²) in [4.78, 5) is 12.2. The van der Waals surface area contributed by atoms with E-state index in [2.05, 4.69) is 13.8 Å². The van der Waals surface area contributed by atoms with Crippen LogP contribution in [-0.2, 0) is 14.3 Å². The summed E-state index contributed by atoms with van der Waals surface area (Å²) in [6.45, 7) is 5.41. The Labute approximate surface area is 308 Å². The van der Waals surface area contributed by atoms with E-state index in [-0.39, 0.29) is 12.6 Å². The first-order valence-electron chi connectivity index (χ1n) is 22.6. The smallest absolute Gasteiger partial charge is 0.306 e. The molecule has 0 amide bonds. The normalized spacial score (nSPS) is 12.1. The fraction of sp³-hybridized carbons (Fsp3) is 0.978. The Kier molecular flexibility index (Phi) is 43.0. The summed E-state index contributed by atoms with van der Waals surface area (Å²) < 4.78 is 11.2. The van der Waals surface area contributed by atoms with E-state index in [1.165, 1.54) is 218 Å². The van der Waals surface area contributed by atoms with E-state index >= 15 is 0 Å². The first kappa shape index (κ1) is 48.4. The highest BCUT2D eigenvalue weighted by molar-refractivity contribution is 5.69. The van der Waals surface area contributed by atoms with Gasteiger partial charge in [-0.05, 0) is 12.8 Å². The topological polar surface area (TPSA) is 55.8 Å². The molecule has 0 aliphatic rings. The SMILES string of the molecule is CCCCCCCCCCCCCCCCCCCCCCCCC(=O)OC(CO)COCCCCCCCCCCCCCCCCC. The van der Waals surface area contributed by atoms with Crippen molar-refractivity contribution in [2.45, 2.75) is 264 Å². The lowest BCUT2D eigenvalue weighted by Gasteiger charge is -2.16. The molecule has 0 fully saturated rings. The van der Waals surface area contributed by atoms with Crippen molar-refractivity contribution in [1.82, 2.24) is 0 Å². The fourth-order valence-corrected chi connectivity index (χ4v) is 7.04. The van der Waals surface area contributed by atoms with Gasteiger partial charge in [0.2, 0.25) is 0 Å². The Morgan fingerprint density at radius 1 is 0.408 bits per heavy atom. The van der Waals surface area contributed by atoms with Crippen molar-refractivity contribution in [2.24, 2.45) is 0 Å². The van der Waals surface area contributed by atoms with E-state index < -0.39 is 6.10 Å². The van der Waals surface area contributed by atoms with E-state index in [0.29, 0.717) is 19.6 Å². The number of esters is 1. The van der Waals surface area contributed by atoms with Crippen LogP contribution in [0.15, 0.2) is 0 Å². The van der Waals surface area contributed by atoms with Crippen molar-refractivity contribution >= 4 is 5.97 Å². The van der Waals surface area contributed by atoms with Crippen LogP contribution in [-0.4, -0.2) is 37.0 Å². The summed E-state index contributed by atoms with van der Waals surface area (Å²) in [5.41, 5.74) is 0. The molecule has 4 heteroatoms. The molecule has 1 unspecified atom stereocenters. The van der Waals surface area contributed by atoms with Crippen LogP contribution in [0.25, 0.3) is 0 Å². The van der Waals surface area contributed by atoms with E-state index in [1.54, 1.807) is 0 Å². The average Bonchev–Trinajstić information content (AvgIpc) is 3.11. The first-order chi connectivity index (χ1) is 24.2. The van der Waals surface area contributed by atoms with Crippen LogP contribution in [0.1, 0.15) is 258 Å². The van der Waals surface area contributed by atoms with Gasteiger partial charge in [-0.1, -0.05) is 239 Å². The number of carbonyl (C=O) groups excluding carboxylic acids is 1. The van der Waals surface area contributed by atoms with Crippen LogP contribution < -0.4 is 0 Å². The summed E-state index contributed by atoms with van der Waals surface area (Å²) in [5, 5.41) is 9.60. The molecule has 0 aliphatic heterocycles. The van der Waals surface area contributed by atoms with Gasteiger partial charge in [-0.25, -0.2) is 0 Å². The lowest BCUT2D eigenvalue weighted by molar-refractivity contribution is -0.154. The Bertz CT molecular complexity index is 609. The van der Waals surface area contributed by atoms with Gasteiger partial charge in [0.25, 0.3) is 0 Å². The van der Waals surface area contributed by atoms with E-state index in [9.17, 15) is 9.90 Å². The Balaban J connectivity index is 3.34. The number of rotatable bonds is 43. The Morgan fingerprint density at radius 3 is 0.959 bits per heavy atom. The summed E-state index contributed by atoms with van der Waals surface area (Å²) in [7, 11) is 0. The number of hydrogen-bond donors (Lipinski definition) is 1. The molecule has 294 valence electrons. The predicted octanol–water partition coefficient (Wildman–Crippen LogP) is 14.8. The average molecular weight is 695 g/mol. The highest BCUT2D eigenvalue weighted by Gasteiger charge is 2.13. The highest BCUT2D eigenvalue weighted by Crippen LogP contribution is 2.16. The standard InChI is InChI=1S/C45H90O4/c1-3-5-7-9-11-13-15-17-19-20-21-22-23-24-25-26-28-30-32-34-36-38-40-45(47)49-44(42-46)43-48-41-39-37-35-33-31-29-27-18-16-14-12-10-8-6-4-2/h44,46H,3-43H2,1-2H3. The van der Waals surface area contributed by atoms with E-state index in [0.717, 1.165) is 19.3 Å². The van der Waals surface area contributed by atoms with Crippen LogP contribution in [0.4, 0.5) is 0 Å². The van der Waals surface area contributed by atoms with Gasteiger partial charge in [0, 0.05) is 13.0 Å². The molecule has 0 aromatic carbocycles. The summed E-state index contributed by atoms with van der Waals surface area (Å²) in [5.74, 6) is -0.192. The molecule has 1 N–H and O–H groups in total. The molecule has 0 aromatic rings. The lowest BCUT2D eigenvalue weighted by atomic mass is 10.0. The quantitative estimate of drug-likeness (QED) is 0.0510. The van der Waals surface area contributed by atoms with Crippen LogP contribution >= 0.6 is 0 Å². The zero-order valence-corrected chi connectivity index (χ0v) is 33.7. The summed E-state index contributed by atoms with van der Waals surface area (Å²) in [6.07, 6.45) is 50.3. The van der Waals surface area contributed by atoms with Gasteiger partial charge in [-0.2, -0.15) is 0 Å². The fourth-order valence-electron chi connectivity index (χ4n) is 7.04. The second-order valence-electron chi connectivity index (χ2n) is 15.5. The van der Waals surface area contributed by atoms with Crippen molar-refractivity contribution in [2.75, 3.05) is 19.8 Å². The van der Waals surface area contributed by atoms with Crippen LogP contribution in [0.5, 0.6) is 0 Å². The number of ether oxygens (including phenoxy) is 2. The van der Waals surface area contributed by atoms with E-state index in [4.69, 9.17) is 9.47 Å². The molecule has 0 saturated heterocycles. The van der Waals surface area contributed by atoms with Gasteiger partial charge in [0.1, 0.15) is 6.10 Å². The maximum atomic E-state index is 12.2. The first-order valence-corrected chi connectivity index (χ1v) is 22.6. The van der Waals surface area contributed by atoms with Gasteiger partial charge in [-0.15, -0.1) is 0 Å². The number of unbranched alkanes of at least 4 members (excludes halogenated alkanes) is 35. The molecule has 1 atom stereocenters. The Morgan fingerprint density at radius 2 is 0.673 bits per heavy atom. The summed E-state index contributed by atoms with van der Waals surface area (Å²) in [6, 6.07) is 0. The third-order valence-corrected chi connectivity index (χ3v) is 10.4. The number of aliphatic hydroxyl groups excluding tert-OH is 1. The molecule has 0 aliphatic carbocycles. The molecule has 0 heterocycles. The Hall–Kier alpha value is -0.610. The van der Waals surface area contributed by atoms with E-state index in [1.807, 2.05) is 0 Å². The van der Waals surface area contributed by atoms with Gasteiger partial charge < -0.3 is 14.6 Å². The van der Waals surface area contributed by atoms with Gasteiger partial charge >= 0.3 is 5.97 Å². The molecular formula is C45H90O4. The molecular weight excluding hydrogens is 604 g/mol. The monoisotopic (exact) mass is 695 g/mol. The zero-order valence-electron chi connectivity index (χ0n) is 33.7. The van der Waals surface area contributed by atoms with Crippen LogP contribution in [0.3, 0.4) is 0 Å². The molecule has 0 bridgehead atoms. The highest BCUT2D eigenvalue weighted by atomic mass is 16.6. The minimum atomic E-state index is -0.524. The maximum Gasteiger partial charge on any atom is 0.306 e. The largest absolute Gasteiger partial charge is 0.457 e. The van der Waals surface area contributed by atoms with Crippen molar-refractivity contribution < 1.29 is 19.4 Å². The molecule has 0 spiro atoms. The predicted molar refractivity (Wildman–Crippen MR) is 215 cm³/mol. The second kappa shape index (κ2) is 43.6. The van der Waals surface area contributed by atoms with Crippen molar-refractivity contribution in [3.63, 3.8) is 0 Å². The molecule has 0 rings (SSSR count). The second-order valence-corrected chi connectivity index (χ2v) is 15.5. The van der Waals surface area contributed by atoms with Gasteiger partial charge in [-0.3, -0.25) is 4.79 Å². The molecule has 49 heavy (non-hydrogen) atoms. The maximum absolute atomic E-state index is 12.2. The molecule has 4 nitrogen and oxygen atoms in total. The van der Waals surface area contributed by atoms with Crippen LogP contribution in [0.2, 0.25) is 0 Å². The van der Waals surface area contributed by atoms with Crippen LogP contribution in [0, 0.1) is 0 Å². The number of hydrogen-bond acceptors (Lipinski definition) is 4.